The molecule has 0 saturated carbocycles. The molecule has 0 heterocycles. The third-order valence-corrected chi connectivity index (χ3v) is 9.66. The lowest BCUT2D eigenvalue weighted by Crippen LogP contribution is -2.31. The van der Waals surface area contributed by atoms with Gasteiger partial charge in [0.25, 0.3) is 5.91 Å². The number of fused-ring (bicyclic) bond motifs is 1. The Kier molecular flexibility index (Phi) is 16.4. The van der Waals surface area contributed by atoms with E-state index in [1.54, 1.807) is 48.5 Å². The van der Waals surface area contributed by atoms with Gasteiger partial charge in [0, 0.05) is 23.2 Å². The summed E-state index contributed by atoms with van der Waals surface area (Å²) < 4.78 is 0. The molecule has 0 aliphatic heterocycles. The van der Waals surface area contributed by atoms with Gasteiger partial charge in [-0.15, -0.1) is 0 Å². The number of carbonyl (C=O) groups is 4. The molecule has 4 rings (SSSR count). The van der Waals surface area contributed by atoms with Crippen LogP contribution in [-0.2, 0) is 11.3 Å². The minimum absolute atomic E-state index is 0.0301. The zero-order valence-electron chi connectivity index (χ0n) is 30.9. The summed E-state index contributed by atoms with van der Waals surface area (Å²) in [6.07, 6.45) is 19.2. The minimum atomic E-state index is -1.35. The summed E-state index contributed by atoms with van der Waals surface area (Å²) in [7, 11) is 0. The highest BCUT2D eigenvalue weighted by atomic mass is 16.4. The van der Waals surface area contributed by atoms with Gasteiger partial charge in [-0.1, -0.05) is 139 Å². The molecule has 0 atom stereocenters. The third-order valence-electron chi connectivity index (χ3n) is 9.66. The molecule has 0 unspecified atom stereocenters. The number of unbranched alkanes of at least 4 members (excludes halogenated alkanes) is 14. The van der Waals surface area contributed by atoms with E-state index in [0.717, 1.165) is 30.7 Å². The number of benzene rings is 4. The van der Waals surface area contributed by atoms with Crippen LogP contribution in [0.25, 0.3) is 10.8 Å². The number of phenols is 1. The lowest BCUT2D eigenvalue weighted by atomic mass is 10.0. The fourth-order valence-corrected chi connectivity index (χ4v) is 6.68. The SMILES string of the molecule is CCCCCCCCCCCCCCCCCC(=O)Nc1cccc(CN(C(=O)c2ccc3ccccc3c2O)c2cc(C(=O)O)cc(C(=O)O)c2)c1. The number of nitrogens with one attached hydrogen (secondary N) is 1. The van der Waals surface area contributed by atoms with Gasteiger partial charge in [0.2, 0.25) is 5.91 Å². The Bertz CT molecular complexity index is 1800. The summed E-state index contributed by atoms with van der Waals surface area (Å²) in [5.41, 5.74) is 0.526. The van der Waals surface area contributed by atoms with Crippen molar-refractivity contribution in [2.24, 2.45) is 0 Å². The Labute approximate surface area is 313 Å². The normalized spacial score (nSPS) is 11.0. The van der Waals surface area contributed by atoms with E-state index in [9.17, 15) is 34.5 Å². The van der Waals surface area contributed by atoms with Crippen LogP contribution >= 0.6 is 0 Å². The molecule has 4 aromatic carbocycles. The maximum atomic E-state index is 14.2. The van der Waals surface area contributed by atoms with Gasteiger partial charge in [0.1, 0.15) is 5.75 Å². The van der Waals surface area contributed by atoms with Gasteiger partial charge in [0.05, 0.1) is 23.2 Å². The van der Waals surface area contributed by atoms with Crippen molar-refractivity contribution in [2.45, 2.75) is 116 Å². The lowest BCUT2D eigenvalue weighted by Gasteiger charge is -2.25. The fraction of sp³-hybridized carbons (Fsp3) is 0.409. The molecule has 9 nitrogen and oxygen atoms in total. The number of carboxylic acid groups (broad SMARTS) is 2. The molecule has 4 N–H and O–H groups in total. The van der Waals surface area contributed by atoms with Crippen LogP contribution in [0.5, 0.6) is 5.75 Å². The molecule has 0 aromatic heterocycles. The first kappa shape index (κ1) is 40.6. The number of hydrogen-bond donors (Lipinski definition) is 4. The van der Waals surface area contributed by atoms with E-state index in [4.69, 9.17) is 0 Å². The maximum absolute atomic E-state index is 14.2. The highest BCUT2D eigenvalue weighted by Crippen LogP contribution is 2.32. The van der Waals surface area contributed by atoms with Gasteiger partial charge in [-0.3, -0.25) is 9.59 Å². The molecule has 282 valence electrons. The standard InChI is InChI=1S/C44H54N2O7/c1-2-3-4-5-6-7-8-9-10-11-12-13-14-15-16-24-40(47)45-36-22-19-20-32(27-36)31-46(37-29-34(43(50)51)28-35(30-37)44(52)53)42(49)39-26-25-33-21-17-18-23-38(33)41(39)48/h17-23,25-30,48H,2-16,24,31H2,1H3,(H,45,47)(H,50,51)(H,52,53). The van der Waals surface area contributed by atoms with Crippen molar-refractivity contribution in [1.29, 1.82) is 0 Å². The summed E-state index contributed by atoms with van der Waals surface area (Å²) in [5.74, 6) is -3.71. The Hall–Kier alpha value is -5.18. The number of anilines is 2. The molecule has 0 spiro atoms. The average molecular weight is 723 g/mol. The van der Waals surface area contributed by atoms with Gasteiger partial charge < -0.3 is 25.5 Å². The van der Waals surface area contributed by atoms with Crippen molar-refractivity contribution >= 4 is 45.9 Å². The number of aromatic hydroxyl groups is 1. The smallest absolute Gasteiger partial charge is 0.335 e. The van der Waals surface area contributed by atoms with E-state index in [0.29, 0.717) is 23.1 Å². The number of amides is 2. The Morgan fingerprint density at radius 3 is 1.77 bits per heavy atom. The molecule has 0 radical (unpaired) electrons. The molecule has 53 heavy (non-hydrogen) atoms. The quantitative estimate of drug-likeness (QED) is 0.0558. The number of nitrogens with zero attached hydrogens (tertiary/aromatic N) is 1. The van der Waals surface area contributed by atoms with E-state index in [2.05, 4.69) is 12.2 Å². The number of aromatic carboxylic acids is 2. The van der Waals surface area contributed by atoms with Crippen LogP contribution in [0.2, 0.25) is 0 Å². The van der Waals surface area contributed by atoms with Crippen molar-refractivity contribution in [1.82, 2.24) is 0 Å². The summed E-state index contributed by atoms with van der Waals surface area (Å²) in [6.45, 7) is 2.15. The van der Waals surface area contributed by atoms with Gasteiger partial charge in [-0.2, -0.15) is 0 Å². The maximum Gasteiger partial charge on any atom is 0.335 e. The average Bonchev–Trinajstić information content (AvgIpc) is 3.15. The van der Waals surface area contributed by atoms with Gasteiger partial charge in [0.15, 0.2) is 0 Å². The van der Waals surface area contributed by atoms with Gasteiger partial charge in [-0.05, 0) is 53.8 Å². The largest absolute Gasteiger partial charge is 0.506 e. The fourth-order valence-electron chi connectivity index (χ4n) is 6.68. The molecule has 4 aromatic rings. The van der Waals surface area contributed by atoms with Crippen molar-refractivity contribution in [3.8, 4) is 5.75 Å². The summed E-state index contributed by atoms with van der Waals surface area (Å²) >= 11 is 0. The molecule has 0 saturated heterocycles. The molecule has 9 heteroatoms. The van der Waals surface area contributed by atoms with Crippen LogP contribution in [0.15, 0.2) is 78.9 Å². The Morgan fingerprint density at radius 1 is 0.623 bits per heavy atom. The number of carboxylic acids is 2. The third kappa shape index (κ3) is 12.8. The molecule has 0 fully saturated rings. The van der Waals surface area contributed by atoms with Crippen LogP contribution in [0, 0.1) is 0 Å². The number of phenolic OH excluding ortho intramolecular Hbond substituents is 1. The van der Waals surface area contributed by atoms with E-state index in [1.165, 1.54) is 100 Å². The summed E-state index contributed by atoms with van der Waals surface area (Å²) in [4.78, 5) is 52.1. The first-order valence-electron chi connectivity index (χ1n) is 19.2. The van der Waals surface area contributed by atoms with Crippen LogP contribution in [-0.4, -0.2) is 39.1 Å². The number of carbonyl (C=O) groups excluding carboxylic acids is 2. The second-order valence-electron chi connectivity index (χ2n) is 13.9. The summed E-state index contributed by atoms with van der Waals surface area (Å²) in [5, 5.41) is 34.7. The molecule has 2 amide bonds. The second-order valence-corrected chi connectivity index (χ2v) is 13.9. The molecule has 0 aliphatic carbocycles. The minimum Gasteiger partial charge on any atom is -0.506 e. The van der Waals surface area contributed by atoms with Crippen molar-refractivity contribution < 1.29 is 34.5 Å². The highest BCUT2D eigenvalue weighted by Gasteiger charge is 2.25. The second kappa shape index (κ2) is 21.4. The number of hydrogen-bond acceptors (Lipinski definition) is 5. The van der Waals surface area contributed by atoms with Crippen molar-refractivity contribution in [3.05, 3.63) is 101 Å². The predicted molar refractivity (Wildman–Crippen MR) is 211 cm³/mol. The predicted octanol–water partition coefficient (Wildman–Crippen LogP) is 11.0. The zero-order chi connectivity index (χ0) is 38.0. The zero-order valence-corrected chi connectivity index (χ0v) is 30.9. The van der Waals surface area contributed by atoms with Gasteiger partial charge >= 0.3 is 11.9 Å². The topological polar surface area (TPSA) is 144 Å². The molecule has 0 aliphatic rings. The van der Waals surface area contributed by atoms with Crippen LogP contribution < -0.4 is 10.2 Å². The summed E-state index contributed by atoms with van der Waals surface area (Å²) in [6, 6.07) is 20.7. The molecule has 0 bridgehead atoms. The monoisotopic (exact) mass is 722 g/mol. The highest BCUT2D eigenvalue weighted by molar-refractivity contribution is 6.12. The lowest BCUT2D eigenvalue weighted by molar-refractivity contribution is -0.116. The van der Waals surface area contributed by atoms with Crippen LogP contribution in [0.3, 0.4) is 0 Å². The van der Waals surface area contributed by atoms with E-state index in [1.807, 2.05) is 6.07 Å². The van der Waals surface area contributed by atoms with Crippen LogP contribution in [0.1, 0.15) is 146 Å². The molecular formula is C44H54N2O7. The number of rotatable bonds is 23. The van der Waals surface area contributed by atoms with E-state index >= 15 is 0 Å². The molecular weight excluding hydrogens is 668 g/mol. The Morgan fingerprint density at radius 2 is 1.19 bits per heavy atom. The van der Waals surface area contributed by atoms with Crippen molar-refractivity contribution in [2.75, 3.05) is 10.2 Å². The Balaban J connectivity index is 1.34. The first-order chi connectivity index (χ1) is 25.7. The van der Waals surface area contributed by atoms with Crippen LogP contribution in [0.4, 0.5) is 11.4 Å². The first-order valence-corrected chi connectivity index (χ1v) is 19.2. The van der Waals surface area contributed by atoms with E-state index < -0.39 is 17.8 Å². The van der Waals surface area contributed by atoms with E-state index in [-0.39, 0.29) is 40.6 Å². The van der Waals surface area contributed by atoms with Crippen molar-refractivity contribution in [3.63, 3.8) is 0 Å². The van der Waals surface area contributed by atoms with Gasteiger partial charge in [-0.25, -0.2) is 9.59 Å².